The minimum absolute atomic E-state index is 0.00716. The summed E-state index contributed by atoms with van der Waals surface area (Å²) in [5.41, 5.74) is 6.31. The molecule has 0 aliphatic carbocycles. The molecule has 6 rings (SSSR count). The highest BCUT2D eigenvalue weighted by Gasteiger charge is 2.38. The fraction of sp³-hybridized carbons (Fsp3) is 0.583. The van der Waals surface area contributed by atoms with Crippen molar-refractivity contribution in [2.24, 2.45) is 17.8 Å². The van der Waals surface area contributed by atoms with Crippen LogP contribution in [0.3, 0.4) is 0 Å². The Hall–Kier alpha value is -5.21. The smallest absolute Gasteiger partial charge is 0.258 e. The van der Waals surface area contributed by atoms with E-state index in [0.717, 1.165) is 74.1 Å². The molecule has 73 heavy (non-hydrogen) atoms. The molecular formula is C60H89N8O5+. The molecule has 3 aliphatic rings. The Morgan fingerprint density at radius 3 is 1.88 bits per heavy atom. The summed E-state index contributed by atoms with van der Waals surface area (Å²) in [6, 6.07) is 20.5. The monoisotopic (exact) mass is 1000 g/mol. The maximum Gasteiger partial charge on any atom is 0.258 e. The molecule has 2 unspecified atom stereocenters. The van der Waals surface area contributed by atoms with E-state index in [1.807, 2.05) is 65.2 Å². The number of piperidine rings is 1. The van der Waals surface area contributed by atoms with Crippen LogP contribution in [-0.2, 0) is 25.8 Å². The third-order valence-electron chi connectivity index (χ3n) is 15.4. The van der Waals surface area contributed by atoms with E-state index in [1.165, 1.54) is 11.1 Å². The zero-order valence-corrected chi connectivity index (χ0v) is 46.3. The number of aryl methyl sites for hydroxylation is 1. The Morgan fingerprint density at radius 1 is 0.726 bits per heavy atom. The first-order chi connectivity index (χ1) is 34.8. The number of amides is 4. The van der Waals surface area contributed by atoms with Gasteiger partial charge in [-0.3, -0.25) is 38.8 Å². The van der Waals surface area contributed by atoms with Crippen LogP contribution in [0.15, 0.2) is 85.2 Å². The molecule has 4 amide bonds. The van der Waals surface area contributed by atoms with Crippen molar-refractivity contribution in [3.05, 3.63) is 113 Å². The van der Waals surface area contributed by atoms with Crippen molar-refractivity contribution in [3.8, 4) is 0 Å². The van der Waals surface area contributed by atoms with Crippen molar-refractivity contribution in [1.29, 1.82) is 0 Å². The summed E-state index contributed by atoms with van der Waals surface area (Å²) in [4.78, 5) is 63.0. The first kappa shape index (κ1) is 57.1. The lowest BCUT2D eigenvalue weighted by atomic mass is 9.88. The fourth-order valence-corrected chi connectivity index (χ4v) is 10.3. The second-order valence-corrected chi connectivity index (χ2v) is 22.9. The molecule has 13 heteroatoms. The molecule has 3 aliphatic heterocycles. The number of rotatable bonds is 23. The predicted octanol–water partition coefficient (Wildman–Crippen LogP) is 7.70. The predicted molar refractivity (Wildman–Crippen MR) is 293 cm³/mol. The highest BCUT2D eigenvalue weighted by atomic mass is 16.5. The van der Waals surface area contributed by atoms with Crippen LogP contribution < -0.4 is 20.5 Å². The van der Waals surface area contributed by atoms with Gasteiger partial charge in [0.05, 0.1) is 23.7 Å². The molecule has 0 spiro atoms. The second-order valence-electron chi connectivity index (χ2n) is 22.9. The highest BCUT2D eigenvalue weighted by molar-refractivity contribution is 5.99. The molecule has 4 heterocycles. The minimum atomic E-state index is -0.717. The van der Waals surface area contributed by atoms with Gasteiger partial charge in [-0.2, -0.15) is 4.57 Å². The molecule has 2 aromatic carbocycles. The lowest BCUT2D eigenvalue weighted by molar-refractivity contribution is -0.711. The minimum Gasteiger partial charge on any atom is -0.381 e. The van der Waals surface area contributed by atoms with E-state index in [9.17, 15) is 19.2 Å². The standard InChI is InChI=1S/C60H88N8O5/c1-43(2)37-61-55(69)54(66-30-22-48(23-31-66)47-17-13-12-14-18-47)28-36-73-41-45(5)39-63-58(72)60(9,10)68-34-26-50(27-35-68)53-40-65(29-21-46(53)6)42-64(11)56(70)52-20-16-15-19-51(52)49-24-32-67(33-25-49)59(7,8)57(71)62-38-44(3)4/h12-21,24,26,29,40,43-45,48,54H,22-23,25,27-28,30-39,41-42H2,1-11H3,(H2-,61,62,63,69,71,72)/p+1. The lowest BCUT2D eigenvalue weighted by Crippen LogP contribution is -2.56. The zero-order valence-electron chi connectivity index (χ0n) is 46.3. The van der Waals surface area contributed by atoms with E-state index in [1.54, 1.807) is 4.90 Å². The van der Waals surface area contributed by atoms with Gasteiger partial charge in [0.1, 0.15) is 0 Å². The van der Waals surface area contributed by atoms with Gasteiger partial charge >= 0.3 is 0 Å². The van der Waals surface area contributed by atoms with Gasteiger partial charge in [-0.25, -0.2) is 0 Å². The number of carbonyl (C=O) groups excluding carboxylic acids is 4. The van der Waals surface area contributed by atoms with Crippen LogP contribution in [0, 0.1) is 24.7 Å². The number of nitrogens with one attached hydrogen (secondary N) is 3. The number of aromatic nitrogens is 1. The Kier molecular flexibility index (Phi) is 20.6. The van der Waals surface area contributed by atoms with Gasteiger partial charge in [-0.05, 0) is 137 Å². The molecule has 13 nitrogen and oxygen atoms in total. The molecule has 398 valence electrons. The Bertz CT molecular complexity index is 2390. The summed E-state index contributed by atoms with van der Waals surface area (Å²) in [6.07, 6.45) is 12.8. The van der Waals surface area contributed by atoms with Crippen LogP contribution >= 0.6 is 0 Å². The molecule has 0 radical (unpaired) electrons. The molecule has 0 bridgehead atoms. The maximum atomic E-state index is 14.2. The molecule has 1 fully saturated rings. The van der Waals surface area contributed by atoms with Crippen molar-refractivity contribution in [3.63, 3.8) is 0 Å². The van der Waals surface area contributed by atoms with Gasteiger partial charge < -0.3 is 20.7 Å². The van der Waals surface area contributed by atoms with Crippen molar-refractivity contribution in [2.45, 2.75) is 131 Å². The van der Waals surface area contributed by atoms with Crippen LogP contribution in [-0.4, -0.2) is 140 Å². The Balaban J connectivity index is 0.972. The van der Waals surface area contributed by atoms with Crippen molar-refractivity contribution in [2.75, 3.05) is 79.2 Å². The molecule has 2 atom stereocenters. The average molecular weight is 1000 g/mol. The van der Waals surface area contributed by atoms with Gasteiger partial charge in [0, 0.05) is 76.7 Å². The summed E-state index contributed by atoms with van der Waals surface area (Å²) in [6.45, 7) is 28.3. The number of carbonyl (C=O) groups is 4. The molecule has 0 saturated carbocycles. The normalized spacial score (nSPS) is 17.4. The number of hydrogen-bond donors (Lipinski definition) is 3. The van der Waals surface area contributed by atoms with Crippen LogP contribution in [0.2, 0.25) is 0 Å². The first-order valence-electron chi connectivity index (χ1n) is 27.2. The fourth-order valence-electron chi connectivity index (χ4n) is 10.3. The topological polar surface area (TPSA) is 130 Å². The van der Waals surface area contributed by atoms with E-state index >= 15 is 0 Å². The molecule has 3 N–H and O–H groups in total. The third-order valence-corrected chi connectivity index (χ3v) is 15.4. The third kappa shape index (κ3) is 15.4. The Morgan fingerprint density at radius 2 is 1.29 bits per heavy atom. The number of hydrogen-bond acceptors (Lipinski definition) is 8. The number of benzene rings is 2. The van der Waals surface area contributed by atoms with E-state index in [2.05, 4.69) is 132 Å². The number of pyridine rings is 1. The molecular weight excluding hydrogens is 913 g/mol. The largest absolute Gasteiger partial charge is 0.381 e. The molecule has 1 saturated heterocycles. The van der Waals surface area contributed by atoms with Crippen LogP contribution in [0.4, 0.5) is 0 Å². The summed E-state index contributed by atoms with van der Waals surface area (Å²) in [5, 5.41) is 9.50. The van der Waals surface area contributed by atoms with Crippen molar-refractivity contribution in [1.82, 2.24) is 35.6 Å². The van der Waals surface area contributed by atoms with Crippen molar-refractivity contribution < 1.29 is 28.5 Å². The number of ether oxygens (including phenoxy) is 1. The second kappa shape index (κ2) is 26.3. The molecule has 3 aromatic rings. The lowest BCUT2D eigenvalue weighted by Gasteiger charge is -2.39. The van der Waals surface area contributed by atoms with Gasteiger partial charge in [-0.15, -0.1) is 0 Å². The van der Waals surface area contributed by atoms with Gasteiger partial charge in [-0.1, -0.05) is 95.3 Å². The van der Waals surface area contributed by atoms with Crippen LogP contribution in [0.25, 0.3) is 11.1 Å². The van der Waals surface area contributed by atoms with E-state index < -0.39 is 11.1 Å². The quantitative estimate of drug-likeness (QED) is 0.0652. The first-order valence-corrected chi connectivity index (χ1v) is 27.2. The Labute approximate surface area is 438 Å². The van der Waals surface area contributed by atoms with Crippen molar-refractivity contribution >= 4 is 34.8 Å². The summed E-state index contributed by atoms with van der Waals surface area (Å²) >= 11 is 0. The average Bonchev–Trinajstić information content (AvgIpc) is 3.39. The summed E-state index contributed by atoms with van der Waals surface area (Å²) in [5.74, 6) is 1.46. The van der Waals surface area contributed by atoms with Crippen LogP contribution in [0.5, 0.6) is 0 Å². The maximum absolute atomic E-state index is 14.2. The highest BCUT2D eigenvalue weighted by Crippen LogP contribution is 2.32. The van der Waals surface area contributed by atoms with Gasteiger partial charge in [0.25, 0.3) is 5.91 Å². The van der Waals surface area contributed by atoms with Gasteiger partial charge in [0.2, 0.25) is 24.4 Å². The molecule has 1 aromatic heterocycles. The number of nitrogens with zero attached hydrogens (tertiary/aromatic N) is 5. The summed E-state index contributed by atoms with van der Waals surface area (Å²) in [7, 11) is 1.85. The van der Waals surface area contributed by atoms with E-state index in [0.29, 0.717) is 82.3 Å². The van der Waals surface area contributed by atoms with E-state index in [-0.39, 0.29) is 35.6 Å². The number of likely N-dealkylation sites (tertiary alicyclic amines) is 1. The summed E-state index contributed by atoms with van der Waals surface area (Å²) < 4.78 is 8.26. The van der Waals surface area contributed by atoms with Gasteiger partial charge in [0.15, 0.2) is 12.4 Å². The van der Waals surface area contributed by atoms with Crippen LogP contribution in [0.1, 0.15) is 133 Å². The van der Waals surface area contributed by atoms with E-state index in [4.69, 9.17) is 4.74 Å². The zero-order chi connectivity index (χ0) is 52.9. The SMILES string of the molecule is Cc1cc[n+](CN(C)C(=O)c2ccccc2C2=CCN(C(C)(C)C(=O)NCC(C)C)CC2)cc1C1=CCN(C(C)(C)C(=O)NCC(C)COCCC(C(=O)NCC(C)C)N2CCC(c3ccccc3)CC2)CC1.